The fourth-order valence-corrected chi connectivity index (χ4v) is 2.28. The number of nitrogens with one attached hydrogen (secondary N) is 1. The van der Waals surface area contributed by atoms with Gasteiger partial charge in [0.25, 0.3) is 0 Å². The zero-order chi connectivity index (χ0) is 17.6. The number of pyridine rings is 1. The number of aryl methyl sites for hydroxylation is 1. The Hall–Kier alpha value is -2.36. The molecule has 0 spiro atoms. The van der Waals surface area contributed by atoms with Gasteiger partial charge in [-0.2, -0.15) is 0 Å². The second-order valence-corrected chi connectivity index (χ2v) is 6.99. The summed E-state index contributed by atoms with van der Waals surface area (Å²) in [5, 5.41) is 2.80. The zero-order valence-electron chi connectivity index (χ0n) is 14.9. The summed E-state index contributed by atoms with van der Waals surface area (Å²) >= 11 is 0. The van der Waals surface area contributed by atoms with E-state index in [1.807, 2.05) is 31.2 Å². The molecule has 0 radical (unpaired) electrons. The normalized spacial score (nSPS) is 11.2. The number of rotatable bonds is 6. The molecule has 2 rings (SSSR count). The van der Waals surface area contributed by atoms with E-state index in [-0.39, 0.29) is 11.3 Å². The zero-order valence-corrected chi connectivity index (χ0v) is 14.9. The van der Waals surface area contributed by atoms with E-state index in [4.69, 9.17) is 4.74 Å². The number of benzene rings is 1. The van der Waals surface area contributed by atoms with Crippen LogP contribution in [0.3, 0.4) is 0 Å². The summed E-state index contributed by atoms with van der Waals surface area (Å²) in [7, 11) is 0. The molecular formula is C20H26N2O2. The second-order valence-electron chi connectivity index (χ2n) is 6.99. The van der Waals surface area contributed by atoms with E-state index >= 15 is 0 Å². The highest BCUT2D eigenvalue weighted by Gasteiger charge is 2.12. The lowest BCUT2D eigenvalue weighted by atomic mass is 9.87. The molecule has 0 saturated carbocycles. The van der Waals surface area contributed by atoms with Crippen LogP contribution in [0.1, 0.15) is 44.7 Å². The summed E-state index contributed by atoms with van der Waals surface area (Å²) in [4.78, 5) is 16.0. The van der Waals surface area contributed by atoms with Crippen LogP contribution in [0.4, 0.5) is 5.82 Å². The number of aromatic nitrogens is 1. The van der Waals surface area contributed by atoms with Crippen molar-refractivity contribution >= 4 is 11.7 Å². The van der Waals surface area contributed by atoms with Crippen LogP contribution in [0, 0.1) is 6.92 Å². The Morgan fingerprint density at radius 1 is 1.17 bits per heavy atom. The first kappa shape index (κ1) is 18.0. The Morgan fingerprint density at radius 3 is 2.50 bits per heavy atom. The quantitative estimate of drug-likeness (QED) is 0.796. The lowest BCUT2D eigenvalue weighted by Crippen LogP contribution is -2.14. The molecule has 1 heterocycles. The van der Waals surface area contributed by atoms with Gasteiger partial charge in [0, 0.05) is 12.6 Å². The van der Waals surface area contributed by atoms with E-state index in [2.05, 4.69) is 43.2 Å². The molecule has 4 heteroatoms. The number of nitrogens with zero attached hydrogens (tertiary/aromatic N) is 1. The maximum atomic E-state index is 11.9. The molecule has 0 aliphatic rings. The molecule has 0 atom stereocenters. The predicted octanol–water partition coefficient (Wildman–Crippen LogP) is 4.49. The van der Waals surface area contributed by atoms with Gasteiger partial charge < -0.3 is 10.1 Å². The summed E-state index contributed by atoms with van der Waals surface area (Å²) in [6.45, 7) is 9.04. The van der Waals surface area contributed by atoms with Crippen LogP contribution in [0.25, 0.3) is 0 Å². The van der Waals surface area contributed by atoms with Gasteiger partial charge >= 0.3 is 0 Å². The standard InChI is InChI=1S/C20H26N2O2/c1-15-11-12-21-18(14-15)22-19(23)6-5-13-24-17-9-7-16(8-10-17)20(2,3)4/h7-12,14H,5-6,13H2,1-4H3,(H,21,22,23). The Morgan fingerprint density at radius 2 is 1.88 bits per heavy atom. The summed E-state index contributed by atoms with van der Waals surface area (Å²) in [5.41, 5.74) is 2.49. The molecule has 128 valence electrons. The van der Waals surface area contributed by atoms with Gasteiger partial charge in [0.05, 0.1) is 6.61 Å². The van der Waals surface area contributed by atoms with E-state index in [0.29, 0.717) is 25.3 Å². The molecule has 0 unspecified atom stereocenters. The van der Waals surface area contributed by atoms with Gasteiger partial charge in [-0.25, -0.2) is 4.98 Å². The van der Waals surface area contributed by atoms with E-state index in [0.717, 1.165) is 11.3 Å². The third-order valence-corrected chi connectivity index (χ3v) is 3.72. The number of carbonyl (C=O) groups excluding carboxylic acids is 1. The van der Waals surface area contributed by atoms with Crippen LogP contribution in [0.15, 0.2) is 42.6 Å². The smallest absolute Gasteiger partial charge is 0.225 e. The van der Waals surface area contributed by atoms with Crippen LogP contribution in [0.2, 0.25) is 0 Å². The molecule has 2 aromatic rings. The van der Waals surface area contributed by atoms with Gasteiger partial charge in [-0.15, -0.1) is 0 Å². The first-order valence-corrected chi connectivity index (χ1v) is 8.30. The fourth-order valence-electron chi connectivity index (χ4n) is 2.28. The van der Waals surface area contributed by atoms with Crippen LogP contribution in [-0.2, 0) is 10.2 Å². The molecular weight excluding hydrogens is 300 g/mol. The SMILES string of the molecule is Cc1ccnc(NC(=O)CCCOc2ccc(C(C)(C)C)cc2)c1. The highest BCUT2D eigenvalue weighted by Crippen LogP contribution is 2.24. The van der Waals surface area contributed by atoms with Gasteiger partial charge in [0.2, 0.25) is 5.91 Å². The predicted molar refractivity (Wildman–Crippen MR) is 97.5 cm³/mol. The number of anilines is 1. The largest absolute Gasteiger partial charge is 0.494 e. The molecule has 4 nitrogen and oxygen atoms in total. The average Bonchev–Trinajstić information content (AvgIpc) is 2.51. The lowest BCUT2D eigenvalue weighted by Gasteiger charge is -2.19. The van der Waals surface area contributed by atoms with E-state index in [9.17, 15) is 4.79 Å². The maximum Gasteiger partial charge on any atom is 0.225 e. The Labute approximate surface area is 144 Å². The molecule has 0 bridgehead atoms. The number of hydrogen-bond acceptors (Lipinski definition) is 3. The van der Waals surface area contributed by atoms with E-state index < -0.39 is 0 Å². The number of hydrogen-bond donors (Lipinski definition) is 1. The van der Waals surface area contributed by atoms with Crippen LogP contribution >= 0.6 is 0 Å². The van der Waals surface area contributed by atoms with Crippen molar-refractivity contribution in [3.63, 3.8) is 0 Å². The minimum Gasteiger partial charge on any atom is -0.494 e. The Kier molecular flexibility index (Phi) is 5.96. The van der Waals surface area contributed by atoms with Crippen molar-refractivity contribution in [2.24, 2.45) is 0 Å². The monoisotopic (exact) mass is 326 g/mol. The molecule has 1 amide bonds. The van der Waals surface area contributed by atoms with Crippen molar-refractivity contribution in [3.8, 4) is 5.75 Å². The highest BCUT2D eigenvalue weighted by atomic mass is 16.5. The summed E-state index contributed by atoms with van der Waals surface area (Å²) in [6, 6.07) is 11.9. The third kappa shape index (κ3) is 5.69. The molecule has 0 aliphatic carbocycles. The molecule has 1 N–H and O–H groups in total. The van der Waals surface area contributed by atoms with Crippen LogP contribution < -0.4 is 10.1 Å². The minimum atomic E-state index is -0.0419. The maximum absolute atomic E-state index is 11.9. The van der Waals surface area contributed by atoms with E-state index in [1.54, 1.807) is 6.20 Å². The van der Waals surface area contributed by atoms with Crippen molar-refractivity contribution in [1.82, 2.24) is 4.98 Å². The lowest BCUT2D eigenvalue weighted by molar-refractivity contribution is -0.116. The molecule has 0 fully saturated rings. The van der Waals surface area contributed by atoms with Crippen molar-refractivity contribution in [1.29, 1.82) is 0 Å². The van der Waals surface area contributed by atoms with Gasteiger partial charge in [-0.05, 0) is 54.2 Å². The number of amides is 1. The Bertz CT molecular complexity index is 673. The van der Waals surface area contributed by atoms with Crippen molar-refractivity contribution in [3.05, 3.63) is 53.7 Å². The van der Waals surface area contributed by atoms with Crippen molar-refractivity contribution in [2.75, 3.05) is 11.9 Å². The number of carbonyl (C=O) groups is 1. The molecule has 24 heavy (non-hydrogen) atoms. The summed E-state index contributed by atoms with van der Waals surface area (Å²) < 4.78 is 5.70. The molecule has 0 aliphatic heterocycles. The van der Waals surface area contributed by atoms with Crippen molar-refractivity contribution < 1.29 is 9.53 Å². The summed E-state index contributed by atoms with van der Waals surface area (Å²) in [5.74, 6) is 1.39. The number of ether oxygens (including phenoxy) is 1. The fraction of sp³-hybridized carbons (Fsp3) is 0.400. The first-order chi connectivity index (χ1) is 11.3. The topological polar surface area (TPSA) is 51.2 Å². The highest BCUT2D eigenvalue weighted by molar-refractivity contribution is 5.89. The Balaban J connectivity index is 1.71. The van der Waals surface area contributed by atoms with Crippen LogP contribution in [0.5, 0.6) is 5.75 Å². The molecule has 1 aromatic carbocycles. The minimum absolute atomic E-state index is 0.0419. The third-order valence-electron chi connectivity index (χ3n) is 3.72. The van der Waals surface area contributed by atoms with Crippen molar-refractivity contribution in [2.45, 2.75) is 46.0 Å². The first-order valence-electron chi connectivity index (χ1n) is 8.30. The van der Waals surface area contributed by atoms with Gasteiger partial charge in [-0.3, -0.25) is 4.79 Å². The van der Waals surface area contributed by atoms with Crippen LogP contribution in [-0.4, -0.2) is 17.5 Å². The van der Waals surface area contributed by atoms with Gasteiger partial charge in [-0.1, -0.05) is 32.9 Å². The second kappa shape index (κ2) is 7.95. The van der Waals surface area contributed by atoms with Gasteiger partial charge in [0.15, 0.2) is 0 Å². The molecule has 0 saturated heterocycles. The average molecular weight is 326 g/mol. The summed E-state index contributed by atoms with van der Waals surface area (Å²) in [6.07, 6.45) is 2.77. The van der Waals surface area contributed by atoms with Gasteiger partial charge in [0.1, 0.15) is 11.6 Å². The van der Waals surface area contributed by atoms with E-state index in [1.165, 1.54) is 5.56 Å². The molecule has 1 aromatic heterocycles.